The van der Waals surface area contributed by atoms with Crippen molar-refractivity contribution in [3.63, 3.8) is 0 Å². The molecule has 0 bridgehead atoms. The van der Waals surface area contributed by atoms with Crippen LogP contribution in [0.15, 0.2) is 12.7 Å². The van der Waals surface area contributed by atoms with Gasteiger partial charge in [-0.1, -0.05) is 32.8 Å². The van der Waals surface area contributed by atoms with Crippen molar-refractivity contribution in [2.45, 2.75) is 77.1 Å². The van der Waals surface area contributed by atoms with Crippen LogP contribution in [-0.4, -0.2) is 20.2 Å². The second kappa shape index (κ2) is 6.50. The SMILES string of the molecule is C#C[C@]1(CCC=C)C(=O)CCC[C@@H]1O[Si](C)(C)C(C)(C)C. The molecule has 0 spiro atoms. The fourth-order valence-electron chi connectivity index (χ4n) is 2.66. The zero-order valence-electron chi connectivity index (χ0n) is 14.3. The average molecular weight is 307 g/mol. The molecular formula is C18H30O2Si. The fraction of sp³-hybridized carbons (Fsp3) is 0.722. The summed E-state index contributed by atoms with van der Waals surface area (Å²) in [4.78, 5) is 12.6. The maximum Gasteiger partial charge on any atom is 0.192 e. The summed E-state index contributed by atoms with van der Waals surface area (Å²) < 4.78 is 6.56. The summed E-state index contributed by atoms with van der Waals surface area (Å²) in [6.07, 6.45) is 11.3. The lowest BCUT2D eigenvalue weighted by atomic mass is 9.68. The van der Waals surface area contributed by atoms with Gasteiger partial charge in [0.05, 0.1) is 6.10 Å². The molecule has 0 unspecified atom stereocenters. The lowest BCUT2D eigenvalue weighted by molar-refractivity contribution is -0.134. The Hall–Kier alpha value is -0.853. The van der Waals surface area contributed by atoms with E-state index in [4.69, 9.17) is 10.8 Å². The third-order valence-electron chi connectivity index (χ3n) is 5.16. The maximum atomic E-state index is 12.6. The standard InChI is InChI=1S/C18H30O2Si/c1-8-10-14-18(9-2)15(19)12-11-13-16(18)20-21(6,7)17(3,4)5/h2,8,16H,1,10-14H2,3-7H3/t16-,18-/m0/s1. The Labute approximate surface area is 131 Å². The molecule has 3 heteroatoms. The van der Waals surface area contributed by atoms with E-state index in [0.29, 0.717) is 12.8 Å². The van der Waals surface area contributed by atoms with Gasteiger partial charge < -0.3 is 4.43 Å². The highest BCUT2D eigenvalue weighted by Crippen LogP contribution is 2.45. The summed E-state index contributed by atoms with van der Waals surface area (Å²) in [7, 11) is -1.94. The number of rotatable bonds is 5. The number of Topliss-reactive ketones (excluding diaryl/α,β-unsaturated/α-hetero) is 1. The van der Waals surface area contributed by atoms with Crippen LogP contribution in [0.2, 0.25) is 18.1 Å². The van der Waals surface area contributed by atoms with Gasteiger partial charge in [0.2, 0.25) is 0 Å². The van der Waals surface area contributed by atoms with Crippen LogP contribution in [0.4, 0.5) is 0 Å². The van der Waals surface area contributed by atoms with E-state index in [2.05, 4.69) is 46.4 Å². The molecular weight excluding hydrogens is 276 g/mol. The number of hydrogen-bond acceptors (Lipinski definition) is 2. The maximum absolute atomic E-state index is 12.6. The van der Waals surface area contributed by atoms with Gasteiger partial charge in [-0.2, -0.15) is 0 Å². The third kappa shape index (κ3) is 3.67. The first kappa shape index (κ1) is 18.2. The van der Waals surface area contributed by atoms with E-state index in [9.17, 15) is 4.79 Å². The van der Waals surface area contributed by atoms with Crippen LogP contribution in [0.25, 0.3) is 0 Å². The summed E-state index contributed by atoms with van der Waals surface area (Å²) in [5.41, 5.74) is -0.748. The number of carbonyl (C=O) groups is 1. The molecule has 0 heterocycles. The minimum Gasteiger partial charge on any atom is -0.412 e. The van der Waals surface area contributed by atoms with Crippen molar-refractivity contribution in [2.24, 2.45) is 5.41 Å². The highest BCUT2D eigenvalue weighted by atomic mass is 28.4. The Kier molecular flexibility index (Phi) is 5.63. The molecule has 0 amide bonds. The zero-order valence-corrected chi connectivity index (χ0v) is 15.3. The van der Waals surface area contributed by atoms with E-state index in [1.807, 2.05) is 6.08 Å². The van der Waals surface area contributed by atoms with Crippen molar-refractivity contribution in [1.29, 1.82) is 0 Å². The lowest BCUT2D eigenvalue weighted by Crippen LogP contribution is -2.53. The van der Waals surface area contributed by atoms with Crippen molar-refractivity contribution >= 4 is 14.1 Å². The van der Waals surface area contributed by atoms with Crippen LogP contribution in [0, 0.1) is 17.8 Å². The largest absolute Gasteiger partial charge is 0.412 e. The van der Waals surface area contributed by atoms with Gasteiger partial charge in [-0.25, -0.2) is 0 Å². The van der Waals surface area contributed by atoms with Crippen LogP contribution >= 0.6 is 0 Å². The average Bonchev–Trinajstić information content (AvgIpc) is 2.37. The Morgan fingerprint density at radius 3 is 2.62 bits per heavy atom. The van der Waals surface area contributed by atoms with Crippen molar-refractivity contribution in [3.05, 3.63) is 12.7 Å². The van der Waals surface area contributed by atoms with E-state index >= 15 is 0 Å². The Morgan fingerprint density at radius 2 is 2.14 bits per heavy atom. The molecule has 1 fully saturated rings. The molecule has 2 nitrogen and oxygen atoms in total. The first-order chi connectivity index (χ1) is 9.60. The third-order valence-corrected chi connectivity index (χ3v) is 9.65. The first-order valence-electron chi connectivity index (χ1n) is 7.90. The van der Waals surface area contributed by atoms with Gasteiger partial charge in [0.25, 0.3) is 0 Å². The van der Waals surface area contributed by atoms with Gasteiger partial charge in [0.1, 0.15) is 5.41 Å². The highest BCUT2D eigenvalue weighted by Gasteiger charge is 2.50. The van der Waals surface area contributed by atoms with Crippen molar-refractivity contribution in [2.75, 3.05) is 0 Å². The van der Waals surface area contributed by atoms with E-state index in [1.54, 1.807) is 0 Å². The minimum absolute atomic E-state index is 0.117. The molecule has 0 aromatic heterocycles. The molecule has 0 aliphatic heterocycles. The number of terminal acetylenes is 1. The molecule has 0 aromatic carbocycles. The summed E-state index contributed by atoms with van der Waals surface area (Å²) in [5, 5.41) is 0.117. The quantitative estimate of drug-likeness (QED) is 0.417. The molecule has 1 aliphatic carbocycles. The zero-order chi connectivity index (χ0) is 16.3. The van der Waals surface area contributed by atoms with Gasteiger partial charge in [0.15, 0.2) is 14.1 Å². The number of ketones is 1. The molecule has 0 saturated heterocycles. The molecule has 0 N–H and O–H groups in total. The molecule has 1 saturated carbocycles. The van der Waals surface area contributed by atoms with E-state index in [1.165, 1.54) is 0 Å². The smallest absolute Gasteiger partial charge is 0.192 e. The second-order valence-corrected chi connectivity index (χ2v) is 12.4. The monoisotopic (exact) mass is 306 g/mol. The number of carbonyl (C=O) groups excluding carboxylic acids is 1. The van der Waals surface area contributed by atoms with Crippen LogP contribution in [0.3, 0.4) is 0 Å². The predicted molar refractivity (Wildman–Crippen MR) is 91.6 cm³/mol. The van der Waals surface area contributed by atoms with Crippen LogP contribution in [0.5, 0.6) is 0 Å². The van der Waals surface area contributed by atoms with Crippen molar-refractivity contribution in [3.8, 4) is 12.3 Å². The number of allylic oxidation sites excluding steroid dienone is 1. The van der Waals surface area contributed by atoms with Crippen molar-refractivity contribution in [1.82, 2.24) is 0 Å². The van der Waals surface area contributed by atoms with Crippen LogP contribution in [-0.2, 0) is 9.22 Å². The Bertz CT molecular complexity index is 439. The molecule has 1 rings (SSSR count). The molecule has 2 atom stereocenters. The summed E-state index contributed by atoms with van der Waals surface area (Å²) in [5.74, 6) is 3.01. The summed E-state index contributed by atoms with van der Waals surface area (Å²) in [6.45, 7) is 14.8. The van der Waals surface area contributed by atoms with Gasteiger partial charge in [-0.15, -0.1) is 13.0 Å². The van der Waals surface area contributed by atoms with E-state index in [0.717, 1.165) is 19.3 Å². The molecule has 118 valence electrons. The Morgan fingerprint density at radius 1 is 1.52 bits per heavy atom. The predicted octanol–water partition coefficient (Wildman–Crippen LogP) is 4.72. The van der Waals surface area contributed by atoms with Gasteiger partial charge in [0, 0.05) is 6.42 Å². The molecule has 0 aromatic rings. The Balaban J connectivity index is 3.09. The minimum atomic E-state index is -1.94. The lowest BCUT2D eigenvalue weighted by Gasteiger charge is -2.46. The highest BCUT2D eigenvalue weighted by molar-refractivity contribution is 6.74. The second-order valence-electron chi connectivity index (χ2n) is 7.63. The van der Waals surface area contributed by atoms with Crippen LogP contribution in [0.1, 0.15) is 52.9 Å². The van der Waals surface area contributed by atoms with E-state index in [-0.39, 0.29) is 16.9 Å². The number of hydrogen-bond donors (Lipinski definition) is 0. The van der Waals surface area contributed by atoms with E-state index < -0.39 is 13.7 Å². The normalized spacial score (nSPS) is 27.2. The summed E-state index contributed by atoms with van der Waals surface area (Å²) in [6, 6.07) is 0. The molecule has 21 heavy (non-hydrogen) atoms. The molecule has 0 radical (unpaired) electrons. The fourth-order valence-corrected chi connectivity index (χ4v) is 4.05. The van der Waals surface area contributed by atoms with Crippen LogP contribution < -0.4 is 0 Å². The topological polar surface area (TPSA) is 26.3 Å². The van der Waals surface area contributed by atoms with Gasteiger partial charge in [-0.3, -0.25) is 4.79 Å². The molecule has 1 aliphatic rings. The first-order valence-corrected chi connectivity index (χ1v) is 10.8. The summed E-state index contributed by atoms with van der Waals surface area (Å²) >= 11 is 0. The van der Waals surface area contributed by atoms with Gasteiger partial charge >= 0.3 is 0 Å². The van der Waals surface area contributed by atoms with Crippen molar-refractivity contribution < 1.29 is 9.22 Å². The van der Waals surface area contributed by atoms with Gasteiger partial charge in [-0.05, 0) is 43.8 Å².